The number of fused-ring (bicyclic) bond motifs is 1. The third kappa shape index (κ3) is 2.95. The zero-order chi connectivity index (χ0) is 16.6. The van der Waals surface area contributed by atoms with E-state index in [0.29, 0.717) is 23.9 Å². The second kappa shape index (κ2) is 6.03. The minimum absolute atomic E-state index is 0.327. The maximum absolute atomic E-state index is 12.7. The molecule has 124 valence electrons. The molecule has 0 bridgehead atoms. The maximum atomic E-state index is 12.7. The van der Waals surface area contributed by atoms with Gasteiger partial charge in [-0.3, -0.25) is 0 Å². The second-order valence-corrected chi connectivity index (χ2v) is 7.86. The highest BCUT2D eigenvalue weighted by molar-refractivity contribution is 7.89. The molecule has 3 aromatic rings. The lowest BCUT2D eigenvalue weighted by molar-refractivity contribution is 0.570. The van der Waals surface area contributed by atoms with Gasteiger partial charge in [0, 0.05) is 36.8 Å². The summed E-state index contributed by atoms with van der Waals surface area (Å²) in [6.07, 6.45) is 6.06. The Morgan fingerprint density at radius 2 is 1.92 bits per heavy atom. The highest BCUT2D eigenvalue weighted by Crippen LogP contribution is 2.38. The molecule has 0 saturated heterocycles. The molecule has 6 heteroatoms. The van der Waals surface area contributed by atoms with E-state index in [2.05, 4.69) is 9.71 Å². The molecule has 0 amide bonds. The number of nitrogens with zero attached hydrogens (tertiary/aromatic N) is 2. The van der Waals surface area contributed by atoms with Gasteiger partial charge in [-0.15, -0.1) is 0 Å². The maximum Gasteiger partial charge on any atom is 0.241 e. The molecular formula is C18H19N3O2S. The van der Waals surface area contributed by atoms with E-state index in [1.165, 1.54) is 12.8 Å². The van der Waals surface area contributed by atoms with Gasteiger partial charge in [-0.2, -0.15) is 0 Å². The Kier molecular flexibility index (Phi) is 3.86. The number of imidazole rings is 1. The highest BCUT2D eigenvalue weighted by atomic mass is 32.2. The fourth-order valence-corrected chi connectivity index (χ4v) is 4.27. The van der Waals surface area contributed by atoms with E-state index < -0.39 is 10.0 Å². The first kappa shape index (κ1) is 15.4. The predicted molar refractivity (Wildman–Crippen MR) is 93.3 cm³/mol. The topological polar surface area (TPSA) is 64.0 Å². The Bertz CT molecular complexity index is 969. The quantitative estimate of drug-likeness (QED) is 0.750. The Morgan fingerprint density at radius 3 is 2.75 bits per heavy atom. The van der Waals surface area contributed by atoms with Crippen molar-refractivity contribution < 1.29 is 8.42 Å². The third-order valence-electron chi connectivity index (χ3n) is 4.37. The molecule has 2 aromatic carbocycles. The smallest absolute Gasteiger partial charge is 0.241 e. The van der Waals surface area contributed by atoms with Gasteiger partial charge in [0.2, 0.25) is 10.0 Å². The highest BCUT2D eigenvalue weighted by Gasteiger charge is 2.27. The standard InChI is InChI=1S/C18H19N3O2S/c22-24(23,17-7-3-5-14-4-1-2-6-16(14)17)20-11-13-21-12-10-19-18(21)15-8-9-15/h1-7,10,12,15,20H,8-9,11,13H2. The number of rotatable bonds is 6. The van der Waals surface area contributed by atoms with E-state index in [4.69, 9.17) is 0 Å². The van der Waals surface area contributed by atoms with Crippen LogP contribution in [0.1, 0.15) is 24.6 Å². The van der Waals surface area contributed by atoms with E-state index in [1.54, 1.807) is 18.3 Å². The van der Waals surface area contributed by atoms with E-state index in [1.807, 2.05) is 41.1 Å². The summed E-state index contributed by atoms with van der Waals surface area (Å²) < 4.78 is 30.1. The van der Waals surface area contributed by atoms with Crippen LogP contribution in [0.3, 0.4) is 0 Å². The molecule has 0 radical (unpaired) electrons. The van der Waals surface area contributed by atoms with Gasteiger partial charge in [0.15, 0.2) is 0 Å². The van der Waals surface area contributed by atoms with E-state index in [0.717, 1.165) is 16.6 Å². The third-order valence-corrected chi connectivity index (χ3v) is 5.89. The van der Waals surface area contributed by atoms with Gasteiger partial charge >= 0.3 is 0 Å². The van der Waals surface area contributed by atoms with E-state index in [-0.39, 0.29) is 0 Å². The molecule has 1 heterocycles. The Balaban J connectivity index is 1.51. The minimum Gasteiger partial charge on any atom is -0.333 e. The second-order valence-electron chi connectivity index (χ2n) is 6.13. The van der Waals surface area contributed by atoms with Crippen LogP contribution in [0.25, 0.3) is 10.8 Å². The molecule has 1 fully saturated rings. The number of sulfonamides is 1. The van der Waals surface area contributed by atoms with Crippen LogP contribution in [0.15, 0.2) is 59.8 Å². The van der Waals surface area contributed by atoms with Crippen molar-refractivity contribution in [1.82, 2.24) is 14.3 Å². The van der Waals surface area contributed by atoms with Gasteiger partial charge in [0.05, 0.1) is 4.90 Å². The SMILES string of the molecule is O=S(=O)(NCCn1ccnc1C1CC1)c1cccc2ccccc12. The molecule has 1 saturated carbocycles. The van der Waals surface area contributed by atoms with Crippen LogP contribution in [0.4, 0.5) is 0 Å². The zero-order valence-electron chi connectivity index (χ0n) is 13.2. The van der Waals surface area contributed by atoms with Crippen LogP contribution in [0.5, 0.6) is 0 Å². The molecule has 24 heavy (non-hydrogen) atoms. The average Bonchev–Trinajstić information content (AvgIpc) is 3.33. The number of nitrogens with one attached hydrogen (secondary N) is 1. The van der Waals surface area contributed by atoms with Gasteiger partial charge in [0.25, 0.3) is 0 Å². The van der Waals surface area contributed by atoms with Crippen molar-refractivity contribution in [3.63, 3.8) is 0 Å². The van der Waals surface area contributed by atoms with Gasteiger partial charge in [0.1, 0.15) is 5.82 Å². The Labute approximate surface area is 141 Å². The summed E-state index contributed by atoms with van der Waals surface area (Å²) in [4.78, 5) is 4.71. The molecule has 1 aliphatic rings. The number of hydrogen-bond acceptors (Lipinski definition) is 3. The molecule has 0 unspecified atom stereocenters. The molecule has 0 aliphatic heterocycles. The lowest BCUT2D eigenvalue weighted by Crippen LogP contribution is -2.27. The monoisotopic (exact) mass is 341 g/mol. The first-order valence-electron chi connectivity index (χ1n) is 8.13. The summed E-state index contributed by atoms with van der Waals surface area (Å²) in [6, 6.07) is 12.9. The van der Waals surface area contributed by atoms with Crippen molar-refractivity contribution in [2.45, 2.75) is 30.2 Å². The van der Waals surface area contributed by atoms with Crippen molar-refractivity contribution in [3.05, 3.63) is 60.7 Å². The van der Waals surface area contributed by atoms with Crippen LogP contribution in [0, 0.1) is 0 Å². The summed E-state index contributed by atoms with van der Waals surface area (Å²) in [5.74, 6) is 1.62. The van der Waals surface area contributed by atoms with Gasteiger partial charge in [-0.25, -0.2) is 18.1 Å². The van der Waals surface area contributed by atoms with Gasteiger partial charge < -0.3 is 4.57 Å². The number of benzene rings is 2. The number of hydrogen-bond donors (Lipinski definition) is 1. The van der Waals surface area contributed by atoms with Crippen molar-refractivity contribution in [2.24, 2.45) is 0 Å². The summed E-state index contributed by atoms with van der Waals surface area (Å²) in [5.41, 5.74) is 0. The summed E-state index contributed by atoms with van der Waals surface area (Å²) >= 11 is 0. The van der Waals surface area contributed by atoms with Crippen LogP contribution >= 0.6 is 0 Å². The lowest BCUT2D eigenvalue weighted by Gasteiger charge is -2.11. The van der Waals surface area contributed by atoms with Crippen LogP contribution in [-0.2, 0) is 16.6 Å². The van der Waals surface area contributed by atoms with Gasteiger partial charge in [-0.1, -0.05) is 36.4 Å². The Hall–Kier alpha value is -2.18. The normalized spacial score (nSPS) is 15.0. The molecule has 0 atom stereocenters. The van der Waals surface area contributed by atoms with Crippen molar-refractivity contribution in [2.75, 3.05) is 6.54 Å². The number of aromatic nitrogens is 2. The van der Waals surface area contributed by atoms with E-state index in [9.17, 15) is 8.42 Å². The van der Waals surface area contributed by atoms with E-state index >= 15 is 0 Å². The van der Waals surface area contributed by atoms with Crippen molar-refractivity contribution >= 4 is 20.8 Å². The summed E-state index contributed by atoms with van der Waals surface area (Å²) in [6.45, 7) is 0.942. The molecule has 0 spiro atoms. The first-order chi connectivity index (χ1) is 11.6. The van der Waals surface area contributed by atoms with Crippen LogP contribution in [0.2, 0.25) is 0 Å². The van der Waals surface area contributed by atoms with Gasteiger partial charge in [-0.05, 0) is 24.3 Å². The molecule has 1 aromatic heterocycles. The largest absolute Gasteiger partial charge is 0.333 e. The Morgan fingerprint density at radius 1 is 1.12 bits per heavy atom. The lowest BCUT2D eigenvalue weighted by atomic mass is 10.1. The molecule has 1 aliphatic carbocycles. The van der Waals surface area contributed by atoms with Crippen LogP contribution in [-0.4, -0.2) is 24.5 Å². The van der Waals surface area contributed by atoms with Crippen LogP contribution < -0.4 is 4.72 Å². The summed E-state index contributed by atoms with van der Waals surface area (Å²) in [7, 11) is -3.54. The average molecular weight is 341 g/mol. The first-order valence-corrected chi connectivity index (χ1v) is 9.62. The fourth-order valence-electron chi connectivity index (χ4n) is 3.02. The summed E-state index contributed by atoms with van der Waals surface area (Å²) in [5, 5.41) is 1.67. The molecule has 5 nitrogen and oxygen atoms in total. The predicted octanol–water partition coefficient (Wildman–Crippen LogP) is 2.89. The zero-order valence-corrected chi connectivity index (χ0v) is 14.0. The molecule has 4 rings (SSSR count). The molecular weight excluding hydrogens is 322 g/mol. The van der Waals surface area contributed by atoms with Crippen molar-refractivity contribution in [1.29, 1.82) is 0 Å². The van der Waals surface area contributed by atoms with Crippen molar-refractivity contribution in [3.8, 4) is 0 Å². The minimum atomic E-state index is -3.54. The molecule has 1 N–H and O–H groups in total. The fraction of sp³-hybridized carbons (Fsp3) is 0.278.